The van der Waals surface area contributed by atoms with E-state index >= 15 is 0 Å². The van der Waals surface area contributed by atoms with Gasteiger partial charge >= 0.3 is 0 Å². The zero-order chi connectivity index (χ0) is 21.4. The Bertz CT molecular complexity index is 623. The van der Waals surface area contributed by atoms with Crippen molar-refractivity contribution in [3.63, 3.8) is 0 Å². The lowest BCUT2D eigenvalue weighted by atomic mass is 9.86. The van der Waals surface area contributed by atoms with Crippen molar-refractivity contribution in [1.29, 1.82) is 0 Å². The molecule has 2 heteroatoms. The summed E-state index contributed by atoms with van der Waals surface area (Å²) in [5, 5.41) is 0. The lowest BCUT2D eigenvalue weighted by molar-refractivity contribution is 0.0516. The van der Waals surface area contributed by atoms with Crippen molar-refractivity contribution in [3.05, 3.63) is 26.8 Å². The van der Waals surface area contributed by atoms with Crippen molar-refractivity contribution in [3.8, 4) is 5.75 Å². The van der Waals surface area contributed by atoms with Gasteiger partial charge in [-0.3, -0.25) is 0 Å². The van der Waals surface area contributed by atoms with Gasteiger partial charge in [-0.2, -0.15) is 0 Å². The average molecular weight is 513 g/mol. The summed E-state index contributed by atoms with van der Waals surface area (Å²) in [5.74, 6) is 3.78. The van der Waals surface area contributed by atoms with E-state index in [1.54, 1.807) is 0 Å². The van der Waals surface area contributed by atoms with Gasteiger partial charge in [0.25, 0.3) is 0 Å². The molecule has 0 amide bonds. The van der Waals surface area contributed by atoms with Gasteiger partial charge in [-0.1, -0.05) is 72.6 Å². The highest BCUT2D eigenvalue weighted by Crippen LogP contribution is 2.39. The molecule has 166 valence electrons. The summed E-state index contributed by atoms with van der Waals surface area (Å²) in [6.45, 7) is 14.1. The molecule has 0 radical (unpaired) electrons. The van der Waals surface area contributed by atoms with E-state index in [9.17, 15) is 0 Å². The third kappa shape index (κ3) is 8.79. The molecule has 0 aromatic heterocycles. The van der Waals surface area contributed by atoms with Crippen LogP contribution in [0.5, 0.6) is 5.75 Å². The Hall–Kier alpha value is -0.250. The van der Waals surface area contributed by atoms with E-state index in [0.29, 0.717) is 0 Å². The minimum Gasteiger partial charge on any atom is -0.487 e. The zero-order valence-corrected chi connectivity index (χ0v) is 22.1. The second kappa shape index (κ2) is 12.0. The summed E-state index contributed by atoms with van der Waals surface area (Å²) in [6.07, 6.45) is 14.6. The van der Waals surface area contributed by atoms with Gasteiger partial charge in [0.05, 0.1) is 0 Å². The Kier molecular flexibility index (Phi) is 10.3. The van der Waals surface area contributed by atoms with Crippen LogP contribution in [0.25, 0.3) is 0 Å². The minimum absolute atomic E-state index is 0.0230. The topological polar surface area (TPSA) is 9.23 Å². The van der Waals surface area contributed by atoms with Gasteiger partial charge in [0.1, 0.15) is 11.4 Å². The van der Waals surface area contributed by atoms with Crippen molar-refractivity contribution < 1.29 is 4.74 Å². The van der Waals surface area contributed by atoms with E-state index in [0.717, 1.165) is 30.6 Å². The maximum atomic E-state index is 6.55. The van der Waals surface area contributed by atoms with Gasteiger partial charge in [0, 0.05) is 3.57 Å². The lowest BCUT2D eigenvalue weighted by Gasteiger charge is -2.37. The van der Waals surface area contributed by atoms with Crippen LogP contribution in [0.4, 0.5) is 0 Å². The first-order chi connectivity index (χ1) is 13.7. The van der Waals surface area contributed by atoms with Crippen LogP contribution in [-0.4, -0.2) is 5.60 Å². The quantitative estimate of drug-likeness (QED) is 0.254. The predicted octanol–water partition coefficient (Wildman–Crippen LogP) is 9.12. The van der Waals surface area contributed by atoms with Gasteiger partial charge in [-0.05, 0) is 103 Å². The molecule has 1 heterocycles. The molecule has 2 rings (SSSR count). The Labute approximate surface area is 194 Å². The molecule has 0 N–H and O–H groups in total. The molecule has 0 saturated carbocycles. The highest BCUT2D eigenvalue weighted by atomic mass is 127. The standard InChI is InChI=1S/C27H45IO/c1-20(2)10-7-11-21(3)12-8-13-22(4)14-9-16-27(6)17-15-24-19-25(28)18-23(5)26(24)29-27/h18-22H,7-17H2,1-6H3/t21-,22-,27-/m1/s1. The normalized spacial score (nSPS) is 21.0. The lowest BCUT2D eigenvalue weighted by Crippen LogP contribution is -2.36. The molecular weight excluding hydrogens is 467 g/mol. The number of hydrogen-bond acceptors (Lipinski definition) is 1. The smallest absolute Gasteiger partial charge is 0.126 e. The first-order valence-corrected chi connectivity index (χ1v) is 13.2. The molecule has 1 aliphatic rings. The molecule has 0 unspecified atom stereocenters. The van der Waals surface area contributed by atoms with Gasteiger partial charge in [-0.15, -0.1) is 0 Å². The second-order valence-electron chi connectivity index (χ2n) is 10.6. The van der Waals surface area contributed by atoms with Crippen molar-refractivity contribution in [2.45, 2.75) is 118 Å². The largest absolute Gasteiger partial charge is 0.487 e. The van der Waals surface area contributed by atoms with Gasteiger partial charge in [-0.25, -0.2) is 0 Å². The van der Waals surface area contributed by atoms with Crippen LogP contribution in [0.2, 0.25) is 0 Å². The van der Waals surface area contributed by atoms with Crippen LogP contribution in [0.1, 0.15) is 110 Å². The summed E-state index contributed by atoms with van der Waals surface area (Å²) in [5.41, 5.74) is 2.73. The molecule has 1 aromatic carbocycles. The second-order valence-corrected chi connectivity index (χ2v) is 11.9. The molecule has 0 fully saturated rings. The number of rotatable bonds is 12. The Balaban J connectivity index is 1.65. The van der Waals surface area contributed by atoms with Crippen LogP contribution in [0.15, 0.2) is 12.1 Å². The molecule has 29 heavy (non-hydrogen) atoms. The molecule has 1 nitrogen and oxygen atoms in total. The van der Waals surface area contributed by atoms with Crippen LogP contribution >= 0.6 is 22.6 Å². The number of fused-ring (bicyclic) bond motifs is 1. The van der Waals surface area contributed by atoms with E-state index in [2.05, 4.69) is 76.3 Å². The maximum Gasteiger partial charge on any atom is 0.126 e. The molecule has 0 aliphatic carbocycles. The molecule has 0 bridgehead atoms. The summed E-state index contributed by atoms with van der Waals surface area (Å²) in [4.78, 5) is 0. The van der Waals surface area contributed by atoms with Gasteiger partial charge in [0.2, 0.25) is 0 Å². The van der Waals surface area contributed by atoms with E-state index in [4.69, 9.17) is 4.74 Å². The first-order valence-electron chi connectivity index (χ1n) is 12.2. The number of halogens is 1. The van der Waals surface area contributed by atoms with Crippen molar-refractivity contribution in [2.75, 3.05) is 0 Å². The molecular formula is C27H45IO. The first kappa shape index (κ1) is 25.0. The highest BCUT2D eigenvalue weighted by Gasteiger charge is 2.32. The average Bonchev–Trinajstić information content (AvgIpc) is 2.62. The van der Waals surface area contributed by atoms with E-state index < -0.39 is 0 Å². The summed E-state index contributed by atoms with van der Waals surface area (Å²) >= 11 is 2.42. The number of aryl methyl sites for hydroxylation is 2. The molecule has 0 spiro atoms. The monoisotopic (exact) mass is 512 g/mol. The molecule has 3 atom stereocenters. The Morgan fingerprint density at radius 2 is 1.52 bits per heavy atom. The van der Waals surface area contributed by atoms with Gasteiger partial charge < -0.3 is 4.74 Å². The van der Waals surface area contributed by atoms with E-state index in [1.165, 1.54) is 78.2 Å². The molecule has 1 aliphatic heterocycles. The van der Waals surface area contributed by atoms with E-state index in [-0.39, 0.29) is 5.60 Å². The summed E-state index contributed by atoms with van der Waals surface area (Å²) < 4.78 is 7.88. The number of ether oxygens (including phenoxy) is 1. The zero-order valence-electron chi connectivity index (χ0n) is 20.0. The summed E-state index contributed by atoms with van der Waals surface area (Å²) in [6, 6.07) is 4.55. The fourth-order valence-electron chi connectivity index (χ4n) is 4.81. The van der Waals surface area contributed by atoms with Crippen molar-refractivity contribution in [1.82, 2.24) is 0 Å². The van der Waals surface area contributed by atoms with Crippen LogP contribution in [0, 0.1) is 28.2 Å². The maximum absolute atomic E-state index is 6.55. The predicted molar refractivity (Wildman–Crippen MR) is 136 cm³/mol. The van der Waals surface area contributed by atoms with Crippen LogP contribution in [-0.2, 0) is 6.42 Å². The SMILES string of the molecule is Cc1cc(I)cc2c1O[C@](C)(CCC[C@H](C)CCC[C@H](C)CCCC(C)C)CC2. The number of hydrogen-bond donors (Lipinski definition) is 0. The summed E-state index contributed by atoms with van der Waals surface area (Å²) in [7, 11) is 0. The van der Waals surface area contributed by atoms with Crippen LogP contribution in [0.3, 0.4) is 0 Å². The number of benzene rings is 1. The van der Waals surface area contributed by atoms with Gasteiger partial charge in [0.15, 0.2) is 0 Å². The highest BCUT2D eigenvalue weighted by molar-refractivity contribution is 14.1. The molecule has 0 saturated heterocycles. The van der Waals surface area contributed by atoms with E-state index in [1.807, 2.05) is 0 Å². The van der Waals surface area contributed by atoms with Crippen molar-refractivity contribution in [2.24, 2.45) is 17.8 Å². The Morgan fingerprint density at radius 1 is 0.931 bits per heavy atom. The minimum atomic E-state index is 0.0230. The van der Waals surface area contributed by atoms with Crippen molar-refractivity contribution >= 4 is 22.6 Å². The Morgan fingerprint density at radius 3 is 2.14 bits per heavy atom. The fraction of sp³-hybridized carbons (Fsp3) is 0.778. The van der Waals surface area contributed by atoms with Crippen LogP contribution < -0.4 is 4.74 Å². The fourth-order valence-corrected chi connectivity index (χ4v) is 5.65. The third-order valence-electron chi connectivity index (χ3n) is 6.86. The third-order valence-corrected chi connectivity index (χ3v) is 7.49. The molecule has 1 aromatic rings.